The molecule has 1 aliphatic heterocycles. The standard InChI is InChI=1S/C23H24N4OS/c1-16-11-18-13-19(15-24)23(25-21(18)12-17(16)2)27-7-4-6-26(8-9-27)22(28)14-20-5-3-10-29-20/h3,5,10-13H,4,6-9,14H2,1-2H3. The lowest BCUT2D eigenvalue weighted by Gasteiger charge is -2.24. The summed E-state index contributed by atoms with van der Waals surface area (Å²) in [6.45, 7) is 7.04. The monoisotopic (exact) mass is 404 g/mol. The van der Waals surface area contributed by atoms with Crippen molar-refractivity contribution in [2.75, 3.05) is 31.1 Å². The van der Waals surface area contributed by atoms with E-state index in [1.165, 1.54) is 11.1 Å². The van der Waals surface area contributed by atoms with E-state index in [9.17, 15) is 10.1 Å². The number of benzene rings is 1. The third-order valence-corrected chi connectivity index (χ3v) is 6.46. The number of thiophene rings is 1. The summed E-state index contributed by atoms with van der Waals surface area (Å²) in [5.41, 5.74) is 3.91. The molecule has 1 aliphatic rings. The summed E-state index contributed by atoms with van der Waals surface area (Å²) in [5, 5.41) is 12.7. The molecule has 2 aromatic heterocycles. The number of carbonyl (C=O) groups is 1. The van der Waals surface area contributed by atoms with Gasteiger partial charge in [-0.05, 0) is 61.0 Å². The van der Waals surface area contributed by atoms with Crippen molar-refractivity contribution in [2.24, 2.45) is 0 Å². The number of hydrogen-bond acceptors (Lipinski definition) is 5. The molecule has 0 spiro atoms. The maximum Gasteiger partial charge on any atom is 0.227 e. The molecule has 5 nitrogen and oxygen atoms in total. The number of aromatic nitrogens is 1. The first-order valence-corrected chi connectivity index (χ1v) is 10.8. The molecule has 1 amide bonds. The number of hydrogen-bond donors (Lipinski definition) is 0. The number of anilines is 1. The lowest BCUT2D eigenvalue weighted by Crippen LogP contribution is -2.36. The predicted molar refractivity (Wildman–Crippen MR) is 117 cm³/mol. The van der Waals surface area contributed by atoms with Crippen molar-refractivity contribution >= 4 is 34.0 Å². The maximum atomic E-state index is 12.7. The van der Waals surface area contributed by atoms with Crippen molar-refractivity contribution < 1.29 is 4.79 Å². The molecule has 3 heterocycles. The Morgan fingerprint density at radius 3 is 2.76 bits per heavy atom. The van der Waals surface area contributed by atoms with Crippen molar-refractivity contribution in [1.29, 1.82) is 5.26 Å². The van der Waals surface area contributed by atoms with E-state index in [1.54, 1.807) is 11.3 Å². The van der Waals surface area contributed by atoms with E-state index in [1.807, 2.05) is 28.5 Å². The maximum absolute atomic E-state index is 12.7. The molecule has 148 valence electrons. The van der Waals surface area contributed by atoms with E-state index in [4.69, 9.17) is 4.98 Å². The molecule has 0 unspecified atom stereocenters. The molecule has 29 heavy (non-hydrogen) atoms. The van der Waals surface area contributed by atoms with Gasteiger partial charge in [-0.15, -0.1) is 11.3 Å². The summed E-state index contributed by atoms with van der Waals surface area (Å²) in [4.78, 5) is 22.7. The third kappa shape index (κ3) is 4.10. The summed E-state index contributed by atoms with van der Waals surface area (Å²) < 4.78 is 0. The second kappa shape index (κ2) is 8.22. The van der Waals surface area contributed by atoms with Crippen LogP contribution in [-0.4, -0.2) is 42.0 Å². The number of rotatable bonds is 3. The van der Waals surface area contributed by atoms with Crippen LogP contribution in [-0.2, 0) is 11.2 Å². The van der Waals surface area contributed by atoms with Crippen LogP contribution >= 0.6 is 11.3 Å². The Balaban J connectivity index is 1.55. The number of pyridine rings is 1. The van der Waals surface area contributed by atoms with Crippen LogP contribution in [0.5, 0.6) is 0 Å². The number of fused-ring (bicyclic) bond motifs is 1. The fraction of sp³-hybridized carbons (Fsp3) is 0.348. The fourth-order valence-corrected chi connectivity index (χ4v) is 4.50. The van der Waals surface area contributed by atoms with Gasteiger partial charge in [0.2, 0.25) is 5.91 Å². The predicted octanol–water partition coefficient (Wildman–Crippen LogP) is 4.07. The number of nitrogens with zero attached hydrogens (tertiary/aromatic N) is 4. The van der Waals surface area contributed by atoms with Gasteiger partial charge in [0, 0.05) is 36.4 Å². The molecule has 0 aliphatic carbocycles. The molecule has 6 heteroatoms. The summed E-state index contributed by atoms with van der Waals surface area (Å²) in [6, 6.07) is 12.4. The van der Waals surface area contributed by atoms with Gasteiger partial charge in [-0.25, -0.2) is 4.98 Å². The van der Waals surface area contributed by atoms with Gasteiger partial charge < -0.3 is 9.80 Å². The van der Waals surface area contributed by atoms with Crippen LogP contribution in [0.25, 0.3) is 10.9 Å². The second-order valence-corrected chi connectivity index (χ2v) is 8.61. The molecule has 1 aromatic carbocycles. The van der Waals surface area contributed by atoms with Gasteiger partial charge in [0.1, 0.15) is 11.9 Å². The minimum Gasteiger partial charge on any atom is -0.354 e. The van der Waals surface area contributed by atoms with E-state index in [0.717, 1.165) is 41.1 Å². The molecule has 0 atom stereocenters. The number of aryl methyl sites for hydroxylation is 2. The number of amides is 1. The molecule has 3 aromatic rings. The fourth-order valence-electron chi connectivity index (χ4n) is 3.81. The Morgan fingerprint density at radius 1 is 1.17 bits per heavy atom. The van der Waals surface area contributed by atoms with Crippen LogP contribution in [0.3, 0.4) is 0 Å². The van der Waals surface area contributed by atoms with Gasteiger partial charge in [0.15, 0.2) is 0 Å². The van der Waals surface area contributed by atoms with E-state index in [2.05, 4.69) is 36.9 Å². The Labute approximate surface area is 175 Å². The van der Waals surface area contributed by atoms with Gasteiger partial charge >= 0.3 is 0 Å². The van der Waals surface area contributed by atoms with Gasteiger partial charge in [-0.3, -0.25) is 4.79 Å². The number of nitriles is 1. The van der Waals surface area contributed by atoms with Crippen LogP contribution in [0.2, 0.25) is 0 Å². The highest BCUT2D eigenvalue weighted by atomic mass is 32.1. The molecule has 0 saturated carbocycles. The lowest BCUT2D eigenvalue weighted by atomic mass is 10.0. The van der Waals surface area contributed by atoms with E-state index in [-0.39, 0.29) is 5.91 Å². The van der Waals surface area contributed by atoms with Crippen LogP contribution in [0.1, 0.15) is 28.0 Å². The van der Waals surface area contributed by atoms with Gasteiger partial charge in [0.05, 0.1) is 17.5 Å². The Hall–Kier alpha value is -2.91. The molecule has 0 N–H and O–H groups in total. The normalized spacial score (nSPS) is 14.7. The summed E-state index contributed by atoms with van der Waals surface area (Å²) in [5.74, 6) is 0.906. The first kappa shape index (κ1) is 19.4. The molecular weight excluding hydrogens is 380 g/mol. The van der Waals surface area contributed by atoms with E-state index < -0.39 is 0 Å². The quantitative estimate of drug-likeness (QED) is 0.660. The summed E-state index contributed by atoms with van der Waals surface area (Å²) in [7, 11) is 0. The molecule has 1 saturated heterocycles. The minimum atomic E-state index is 0.173. The first-order chi connectivity index (χ1) is 14.0. The Kier molecular flexibility index (Phi) is 5.50. The van der Waals surface area contributed by atoms with Crippen molar-refractivity contribution in [3.05, 3.63) is 57.3 Å². The van der Waals surface area contributed by atoms with E-state index in [0.29, 0.717) is 25.1 Å². The smallest absolute Gasteiger partial charge is 0.227 e. The molecule has 0 radical (unpaired) electrons. The van der Waals surface area contributed by atoms with Crippen molar-refractivity contribution in [3.8, 4) is 6.07 Å². The van der Waals surface area contributed by atoms with Crippen LogP contribution in [0, 0.1) is 25.2 Å². The minimum absolute atomic E-state index is 0.173. The Bertz CT molecular complexity index is 1080. The zero-order valence-electron chi connectivity index (χ0n) is 16.8. The highest BCUT2D eigenvalue weighted by Crippen LogP contribution is 2.26. The molecule has 0 bridgehead atoms. The summed E-state index contributed by atoms with van der Waals surface area (Å²) in [6.07, 6.45) is 1.33. The van der Waals surface area contributed by atoms with Crippen molar-refractivity contribution in [2.45, 2.75) is 26.7 Å². The molecule has 1 fully saturated rings. The van der Waals surface area contributed by atoms with Gasteiger partial charge in [-0.2, -0.15) is 5.26 Å². The highest BCUT2D eigenvalue weighted by molar-refractivity contribution is 7.10. The third-order valence-electron chi connectivity index (χ3n) is 5.58. The molecular formula is C23H24N4OS. The second-order valence-electron chi connectivity index (χ2n) is 7.58. The van der Waals surface area contributed by atoms with Crippen LogP contribution in [0.4, 0.5) is 5.82 Å². The number of carbonyl (C=O) groups excluding carboxylic acids is 1. The lowest BCUT2D eigenvalue weighted by molar-refractivity contribution is -0.130. The zero-order chi connectivity index (χ0) is 20.4. The van der Waals surface area contributed by atoms with Crippen molar-refractivity contribution in [3.63, 3.8) is 0 Å². The van der Waals surface area contributed by atoms with Crippen LogP contribution in [0.15, 0.2) is 35.7 Å². The van der Waals surface area contributed by atoms with Gasteiger partial charge in [-0.1, -0.05) is 6.07 Å². The Morgan fingerprint density at radius 2 is 2.00 bits per heavy atom. The first-order valence-electron chi connectivity index (χ1n) is 9.92. The van der Waals surface area contributed by atoms with Gasteiger partial charge in [0.25, 0.3) is 0 Å². The molecule has 4 rings (SSSR count). The SMILES string of the molecule is Cc1cc2cc(C#N)c(N3CCCN(C(=O)Cc4cccs4)CC3)nc2cc1C. The largest absolute Gasteiger partial charge is 0.354 e. The van der Waals surface area contributed by atoms with E-state index >= 15 is 0 Å². The highest BCUT2D eigenvalue weighted by Gasteiger charge is 2.22. The van der Waals surface area contributed by atoms with Crippen molar-refractivity contribution in [1.82, 2.24) is 9.88 Å². The average Bonchev–Trinajstić information content (AvgIpc) is 3.09. The summed E-state index contributed by atoms with van der Waals surface area (Å²) >= 11 is 1.62. The van der Waals surface area contributed by atoms with Crippen LogP contribution < -0.4 is 4.90 Å². The average molecular weight is 405 g/mol. The zero-order valence-corrected chi connectivity index (χ0v) is 17.6. The topological polar surface area (TPSA) is 60.2 Å².